The Morgan fingerprint density at radius 2 is 2.00 bits per heavy atom. The van der Waals surface area contributed by atoms with Gasteiger partial charge >= 0.3 is 12.1 Å². The first-order valence-corrected chi connectivity index (χ1v) is 5.86. The summed E-state index contributed by atoms with van der Waals surface area (Å²) in [5.74, 6) is -1.43. The van der Waals surface area contributed by atoms with Gasteiger partial charge in [0.15, 0.2) is 5.03 Å². The van der Waals surface area contributed by atoms with Crippen LogP contribution in [0.1, 0.15) is 5.56 Å². The topological polar surface area (TPSA) is 96.4 Å². The molecular weight excluding hydrogens is 277 g/mol. The van der Waals surface area contributed by atoms with Crippen molar-refractivity contribution in [2.75, 3.05) is 6.54 Å². The van der Waals surface area contributed by atoms with Crippen molar-refractivity contribution < 1.29 is 31.5 Å². The van der Waals surface area contributed by atoms with Crippen LogP contribution < -0.4 is 4.72 Å². The second-order valence-corrected chi connectivity index (χ2v) is 4.81. The van der Waals surface area contributed by atoms with Gasteiger partial charge < -0.3 is 5.11 Å². The van der Waals surface area contributed by atoms with Crippen molar-refractivity contribution in [3.63, 3.8) is 0 Å². The van der Waals surface area contributed by atoms with E-state index in [0.717, 1.165) is 0 Å². The molecule has 0 saturated carbocycles. The number of nitrogens with one attached hydrogen (secondary N) is 1. The fourth-order valence-corrected chi connectivity index (χ4v) is 1.84. The average Bonchev–Trinajstić information content (AvgIpc) is 2.26. The zero-order chi connectivity index (χ0) is 14.0. The number of carboxylic acids is 1. The Morgan fingerprint density at radius 1 is 1.39 bits per heavy atom. The molecule has 0 amide bonds. The third-order valence-corrected chi connectivity index (χ3v) is 3.07. The maximum atomic E-state index is 12.2. The number of hydrogen-bond acceptors (Lipinski definition) is 4. The van der Waals surface area contributed by atoms with E-state index in [0.29, 0.717) is 18.3 Å². The Kier molecular flexibility index (Phi) is 3.92. The van der Waals surface area contributed by atoms with Gasteiger partial charge in [-0.3, -0.25) is 4.79 Å². The number of carboxylic acid groups (broad SMARTS) is 1. The number of rotatable bonds is 4. The minimum absolute atomic E-state index is 0.356. The van der Waals surface area contributed by atoms with E-state index in [1.807, 2.05) is 0 Å². The van der Waals surface area contributed by atoms with Crippen LogP contribution in [0.4, 0.5) is 13.2 Å². The second-order valence-electron chi connectivity index (χ2n) is 3.10. The third-order valence-electron chi connectivity index (χ3n) is 1.75. The Bertz CT molecular complexity index is 538. The Morgan fingerprint density at radius 3 is 2.39 bits per heavy atom. The summed E-state index contributed by atoms with van der Waals surface area (Å²) in [4.78, 5) is 13.3. The van der Waals surface area contributed by atoms with Gasteiger partial charge in [-0.15, -0.1) is 0 Å². The van der Waals surface area contributed by atoms with Crippen LogP contribution in [-0.4, -0.2) is 31.0 Å². The van der Waals surface area contributed by atoms with E-state index in [2.05, 4.69) is 4.98 Å². The number of aromatic nitrogens is 1. The van der Waals surface area contributed by atoms with Crippen molar-refractivity contribution >= 4 is 16.0 Å². The van der Waals surface area contributed by atoms with Gasteiger partial charge in [0.2, 0.25) is 0 Å². The fourth-order valence-electron chi connectivity index (χ4n) is 0.938. The number of halogens is 3. The van der Waals surface area contributed by atoms with Crippen LogP contribution in [0.15, 0.2) is 23.4 Å². The molecule has 1 rings (SSSR count). The summed E-state index contributed by atoms with van der Waals surface area (Å²) in [6.07, 6.45) is -4.26. The summed E-state index contributed by atoms with van der Waals surface area (Å²) in [6.45, 7) is -0.884. The van der Waals surface area contributed by atoms with Gasteiger partial charge in [0.1, 0.15) is 6.54 Å². The molecule has 1 aromatic rings. The summed E-state index contributed by atoms with van der Waals surface area (Å²) >= 11 is 0. The molecule has 10 heteroatoms. The highest BCUT2D eigenvalue weighted by Gasteiger charge is 2.31. The fraction of sp³-hybridized carbons (Fsp3) is 0.250. The minimum atomic E-state index is -4.62. The van der Waals surface area contributed by atoms with Crippen molar-refractivity contribution in [3.8, 4) is 0 Å². The summed E-state index contributed by atoms with van der Waals surface area (Å²) in [5, 5.41) is 7.59. The van der Waals surface area contributed by atoms with Gasteiger partial charge in [-0.05, 0) is 12.1 Å². The summed E-state index contributed by atoms with van der Waals surface area (Å²) < 4.78 is 61.0. The lowest BCUT2D eigenvalue weighted by Crippen LogP contribution is -2.30. The lowest BCUT2D eigenvalue weighted by molar-refractivity contribution is -0.138. The van der Waals surface area contributed by atoms with Gasteiger partial charge in [0, 0.05) is 6.20 Å². The van der Waals surface area contributed by atoms with E-state index >= 15 is 0 Å². The standard InChI is InChI=1S/C8H7F3N2O4S/c9-8(10,11)5-1-2-6(12-3-5)18(16,17)13-4-7(14)15/h1-3,13H,4H2,(H,14,15). The molecule has 0 spiro atoms. The van der Waals surface area contributed by atoms with Crippen molar-refractivity contribution in [1.82, 2.24) is 9.71 Å². The van der Waals surface area contributed by atoms with Crippen LogP contribution in [0, 0.1) is 0 Å². The molecule has 1 heterocycles. The molecule has 2 N–H and O–H groups in total. The van der Waals surface area contributed by atoms with Gasteiger partial charge in [-0.25, -0.2) is 13.4 Å². The molecule has 0 fully saturated rings. The minimum Gasteiger partial charge on any atom is -0.480 e. The molecule has 18 heavy (non-hydrogen) atoms. The number of aliphatic carboxylic acids is 1. The largest absolute Gasteiger partial charge is 0.480 e. The van der Waals surface area contributed by atoms with Gasteiger partial charge in [0.25, 0.3) is 10.0 Å². The molecule has 1 aromatic heterocycles. The van der Waals surface area contributed by atoms with Crippen molar-refractivity contribution in [1.29, 1.82) is 0 Å². The smallest absolute Gasteiger partial charge is 0.417 e. The number of nitrogens with zero attached hydrogens (tertiary/aromatic N) is 1. The lowest BCUT2D eigenvalue weighted by atomic mass is 10.3. The van der Waals surface area contributed by atoms with Crippen LogP contribution in [0.2, 0.25) is 0 Å². The maximum absolute atomic E-state index is 12.2. The number of hydrogen-bond donors (Lipinski definition) is 2. The van der Waals surface area contributed by atoms with Crippen LogP contribution in [0.3, 0.4) is 0 Å². The first-order valence-electron chi connectivity index (χ1n) is 4.37. The van der Waals surface area contributed by atoms with Crippen molar-refractivity contribution in [2.24, 2.45) is 0 Å². The first-order chi connectivity index (χ1) is 8.13. The first kappa shape index (κ1) is 14.4. The SMILES string of the molecule is O=C(O)CNS(=O)(=O)c1ccc(C(F)(F)F)cn1. The number of carbonyl (C=O) groups is 1. The van der Waals surface area contributed by atoms with E-state index in [1.165, 1.54) is 0 Å². The molecule has 0 aliphatic heterocycles. The van der Waals surface area contributed by atoms with Gasteiger partial charge in [0.05, 0.1) is 5.56 Å². The molecule has 0 unspecified atom stereocenters. The summed E-state index contributed by atoms with van der Waals surface area (Å²) in [6, 6.07) is 1.19. The van der Waals surface area contributed by atoms with Crippen LogP contribution >= 0.6 is 0 Å². The predicted octanol–water partition coefficient (Wildman–Crippen LogP) is 0.463. The molecule has 0 aliphatic carbocycles. The Labute approximate surface area is 99.5 Å². The zero-order valence-electron chi connectivity index (χ0n) is 8.60. The third kappa shape index (κ3) is 3.67. The van der Waals surface area contributed by atoms with E-state index in [1.54, 1.807) is 4.72 Å². The second kappa shape index (κ2) is 4.90. The highest BCUT2D eigenvalue weighted by Crippen LogP contribution is 2.28. The normalized spacial score (nSPS) is 12.4. The van der Waals surface area contributed by atoms with E-state index in [4.69, 9.17) is 5.11 Å². The lowest BCUT2D eigenvalue weighted by Gasteiger charge is -2.07. The Hall–Kier alpha value is -1.68. The zero-order valence-corrected chi connectivity index (χ0v) is 9.42. The summed E-state index contributed by atoms with van der Waals surface area (Å²) in [7, 11) is -4.23. The molecule has 0 radical (unpaired) electrons. The molecule has 100 valence electrons. The molecule has 0 saturated heterocycles. The quantitative estimate of drug-likeness (QED) is 0.837. The van der Waals surface area contributed by atoms with Crippen LogP contribution in [-0.2, 0) is 21.0 Å². The number of sulfonamides is 1. The molecule has 0 aliphatic rings. The average molecular weight is 284 g/mol. The highest BCUT2D eigenvalue weighted by molar-refractivity contribution is 7.89. The highest BCUT2D eigenvalue weighted by atomic mass is 32.2. The Balaban J connectivity index is 2.95. The maximum Gasteiger partial charge on any atom is 0.417 e. The molecule has 6 nitrogen and oxygen atoms in total. The van der Waals surface area contributed by atoms with Crippen molar-refractivity contribution in [3.05, 3.63) is 23.9 Å². The van der Waals surface area contributed by atoms with Gasteiger partial charge in [-0.2, -0.15) is 17.9 Å². The number of pyridine rings is 1. The molecular formula is C8H7F3N2O4S. The monoisotopic (exact) mass is 284 g/mol. The molecule has 0 atom stereocenters. The van der Waals surface area contributed by atoms with Crippen molar-refractivity contribution in [2.45, 2.75) is 11.2 Å². The molecule has 0 bridgehead atoms. The van der Waals surface area contributed by atoms with E-state index in [-0.39, 0.29) is 0 Å². The van der Waals surface area contributed by atoms with Crippen LogP contribution in [0.5, 0.6) is 0 Å². The molecule has 0 aromatic carbocycles. The summed E-state index contributed by atoms with van der Waals surface area (Å²) in [5.41, 5.74) is -1.10. The van der Waals surface area contributed by atoms with Gasteiger partial charge in [-0.1, -0.05) is 0 Å². The number of alkyl halides is 3. The van der Waals surface area contributed by atoms with E-state index in [9.17, 15) is 26.4 Å². The van der Waals surface area contributed by atoms with E-state index < -0.39 is 39.3 Å². The predicted molar refractivity (Wildman–Crippen MR) is 52.1 cm³/mol. The van der Waals surface area contributed by atoms with Crippen LogP contribution in [0.25, 0.3) is 0 Å².